The average molecular weight is 437 g/mol. The Balaban J connectivity index is 1.79. The number of carbonyl (C=O) groups excluding carboxylic acids is 1. The van der Waals surface area contributed by atoms with Crippen LogP contribution in [0.25, 0.3) is 16.6 Å². The molecule has 2 aromatic carbocycles. The lowest BCUT2D eigenvalue weighted by Crippen LogP contribution is -2.23. The van der Waals surface area contributed by atoms with Gasteiger partial charge in [-0.3, -0.25) is 14.2 Å². The van der Waals surface area contributed by atoms with E-state index in [-0.39, 0.29) is 11.5 Å². The number of para-hydroxylation sites is 2. The van der Waals surface area contributed by atoms with Crippen molar-refractivity contribution in [3.8, 4) is 5.69 Å². The summed E-state index contributed by atoms with van der Waals surface area (Å²) in [5, 5.41) is 6.37. The van der Waals surface area contributed by atoms with Crippen LogP contribution >= 0.6 is 23.1 Å². The Bertz CT molecular complexity index is 1290. The van der Waals surface area contributed by atoms with Gasteiger partial charge in [-0.1, -0.05) is 42.1 Å². The molecule has 0 saturated carbocycles. The van der Waals surface area contributed by atoms with Crippen LogP contribution in [-0.4, -0.2) is 20.4 Å². The molecule has 152 valence electrons. The number of benzene rings is 2. The average Bonchev–Trinajstić information content (AvgIpc) is 3.14. The number of rotatable bonds is 5. The van der Waals surface area contributed by atoms with Crippen LogP contribution in [0.4, 0.5) is 5.13 Å². The fraction of sp³-hybridized carbons (Fsp3) is 0.182. The maximum Gasteiger partial charge on any atom is 0.266 e. The van der Waals surface area contributed by atoms with Crippen LogP contribution in [-0.2, 0) is 10.5 Å². The summed E-state index contributed by atoms with van der Waals surface area (Å²) in [6.07, 6.45) is 0. The molecule has 0 atom stereocenters. The number of aromatic nitrogens is 3. The van der Waals surface area contributed by atoms with Crippen molar-refractivity contribution in [3.05, 3.63) is 75.0 Å². The molecule has 0 unspecified atom stereocenters. The summed E-state index contributed by atoms with van der Waals surface area (Å²) in [7, 11) is 0. The molecule has 8 heteroatoms. The van der Waals surface area contributed by atoms with Crippen molar-refractivity contribution >= 4 is 45.0 Å². The Labute approximate surface area is 182 Å². The predicted molar refractivity (Wildman–Crippen MR) is 123 cm³/mol. The van der Waals surface area contributed by atoms with Gasteiger partial charge in [0.25, 0.3) is 5.56 Å². The van der Waals surface area contributed by atoms with E-state index >= 15 is 0 Å². The Morgan fingerprint density at radius 3 is 2.57 bits per heavy atom. The maximum atomic E-state index is 13.4. The Morgan fingerprint density at radius 2 is 1.83 bits per heavy atom. The first-order valence-corrected chi connectivity index (χ1v) is 11.2. The fourth-order valence-electron chi connectivity index (χ4n) is 3.28. The monoisotopic (exact) mass is 436 g/mol. The highest BCUT2D eigenvalue weighted by molar-refractivity contribution is 7.98. The SMILES string of the molecule is CC(=O)Nc1nc(CSc2nc3ccccc3c(=O)n2-c2c(C)cccc2C)cs1. The van der Waals surface area contributed by atoms with Gasteiger partial charge in [-0.05, 0) is 37.1 Å². The summed E-state index contributed by atoms with van der Waals surface area (Å²) in [4.78, 5) is 33.9. The van der Waals surface area contributed by atoms with Crippen LogP contribution in [0, 0.1) is 13.8 Å². The number of fused-ring (bicyclic) bond motifs is 1. The van der Waals surface area contributed by atoms with Crippen LogP contribution in [0.5, 0.6) is 0 Å². The molecule has 6 nitrogen and oxygen atoms in total. The molecular formula is C22H20N4O2S2. The molecule has 1 N–H and O–H groups in total. The summed E-state index contributed by atoms with van der Waals surface area (Å²) in [5.41, 5.74) is 4.29. The van der Waals surface area contributed by atoms with Crippen molar-refractivity contribution < 1.29 is 4.79 Å². The van der Waals surface area contributed by atoms with Gasteiger partial charge in [0.1, 0.15) is 0 Å². The van der Waals surface area contributed by atoms with Gasteiger partial charge in [-0.2, -0.15) is 0 Å². The molecule has 0 spiro atoms. The van der Waals surface area contributed by atoms with E-state index in [1.165, 1.54) is 30.0 Å². The second-order valence-corrected chi connectivity index (χ2v) is 8.71. The van der Waals surface area contributed by atoms with Gasteiger partial charge < -0.3 is 5.32 Å². The molecule has 1 amide bonds. The maximum absolute atomic E-state index is 13.4. The minimum Gasteiger partial charge on any atom is -0.302 e. The topological polar surface area (TPSA) is 76.9 Å². The van der Waals surface area contributed by atoms with Crippen LogP contribution in [0.15, 0.2) is 57.8 Å². The highest BCUT2D eigenvalue weighted by atomic mass is 32.2. The van der Waals surface area contributed by atoms with E-state index in [9.17, 15) is 9.59 Å². The van der Waals surface area contributed by atoms with Crippen LogP contribution < -0.4 is 10.9 Å². The van der Waals surface area contributed by atoms with Gasteiger partial charge in [0.2, 0.25) is 5.91 Å². The molecule has 4 rings (SSSR count). The molecule has 0 aliphatic carbocycles. The molecule has 0 bridgehead atoms. The smallest absolute Gasteiger partial charge is 0.266 e. The zero-order valence-electron chi connectivity index (χ0n) is 16.8. The lowest BCUT2D eigenvalue weighted by Gasteiger charge is -2.17. The summed E-state index contributed by atoms with van der Waals surface area (Å²) in [6.45, 7) is 5.45. The zero-order chi connectivity index (χ0) is 21.3. The summed E-state index contributed by atoms with van der Waals surface area (Å²) in [6, 6.07) is 13.4. The normalized spacial score (nSPS) is 11.0. The minimum absolute atomic E-state index is 0.0855. The number of hydrogen-bond acceptors (Lipinski definition) is 6. The number of thioether (sulfide) groups is 1. The van der Waals surface area contributed by atoms with Crippen molar-refractivity contribution in [1.82, 2.24) is 14.5 Å². The molecule has 4 aromatic rings. The first-order valence-electron chi connectivity index (χ1n) is 9.37. The summed E-state index contributed by atoms with van der Waals surface area (Å²) >= 11 is 2.84. The van der Waals surface area contributed by atoms with Gasteiger partial charge in [0.15, 0.2) is 10.3 Å². The highest BCUT2D eigenvalue weighted by Crippen LogP contribution is 2.28. The van der Waals surface area contributed by atoms with Crippen molar-refractivity contribution in [2.45, 2.75) is 31.7 Å². The summed E-state index contributed by atoms with van der Waals surface area (Å²) in [5.74, 6) is 0.384. The van der Waals surface area contributed by atoms with E-state index in [1.807, 2.05) is 61.7 Å². The molecule has 0 saturated heterocycles. The van der Waals surface area contributed by atoms with Gasteiger partial charge >= 0.3 is 0 Å². The van der Waals surface area contributed by atoms with Crippen molar-refractivity contribution in [3.63, 3.8) is 0 Å². The van der Waals surface area contributed by atoms with Gasteiger partial charge in [-0.25, -0.2) is 9.97 Å². The summed E-state index contributed by atoms with van der Waals surface area (Å²) < 4.78 is 1.71. The number of hydrogen-bond donors (Lipinski definition) is 1. The van der Waals surface area contributed by atoms with E-state index in [1.54, 1.807) is 4.57 Å². The number of nitrogens with zero attached hydrogens (tertiary/aromatic N) is 3. The van der Waals surface area contributed by atoms with Crippen molar-refractivity contribution in [2.24, 2.45) is 0 Å². The van der Waals surface area contributed by atoms with E-state index in [2.05, 4.69) is 10.3 Å². The van der Waals surface area contributed by atoms with Crippen LogP contribution in [0.2, 0.25) is 0 Å². The van der Waals surface area contributed by atoms with Gasteiger partial charge in [0.05, 0.1) is 22.3 Å². The van der Waals surface area contributed by atoms with Gasteiger partial charge in [0, 0.05) is 18.1 Å². The molecule has 30 heavy (non-hydrogen) atoms. The Hall–Kier alpha value is -2.97. The second-order valence-electron chi connectivity index (χ2n) is 6.91. The number of anilines is 1. The second kappa shape index (κ2) is 8.41. The number of amides is 1. The Morgan fingerprint density at radius 1 is 1.10 bits per heavy atom. The van der Waals surface area contributed by atoms with E-state index < -0.39 is 0 Å². The van der Waals surface area contributed by atoms with Gasteiger partial charge in [-0.15, -0.1) is 11.3 Å². The first-order chi connectivity index (χ1) is 14.4. The van der Waals surface area contributed by atoms with E-state index in [0.717, 1.165) is 22.5 Å². The number of aryl methyl sites for hydroxylation is 2. The third kappa shape index (κ3) is 4.01. The van der Waals surface area contributed by atoms with E-state index in [4.69, 9.17) is 4.98 Å². The molecular weight excluding hydrogens is 416 g/mol. The van der Waals surface area contributed by atoms with Crippen LogP contribution in [0.3, 0.4) is 0 Å². The molecule has 0 aliphatic heterocycles. The Kier molecular flexibility index (Phi) is 5.69. The fourth-order valence-corrected chi connectivity index (χ4v) is 5.04. The lowest BCUT2D eigenvalue weighted by atomic mass is 10.1. The molecule has 0 radical (unpaired) electrons. The van der Waals surface area contributed by atoms with E-state index in [0.29, 0.717) is 26.9 Å². The lowest BCUT2D eigenvalue weighted by molar-refractivity contribution is -0.114. The highest BCUT2D eigenvalue weighted by Gasteiger charge is 2.17. The molecule has 0 aliphatic rings. The number of nitrogens with one attached hydrogen (secondary N) is 1. The third-order valence-corrected chi connectivity index (χ3v) is 6.37. The van der Waals surface area contributed by atoms with Crippen molar-refractivity contribution in [2.75, 3.05) is 5.32 Å². The third-order valence-electron chi connectivity index (χ3n) is 4.59. The van der Waals surface area contributed by atoms with Crippen LogP contribution in [0.1, 0.15) is 23.7 Å². The first kappa shape index (κ1) is 20.3. The quantitative estimate of drug-likeness (QED) is 0.362. The standard InChI is InChI=1S/C22H20N4O2S2/c1-13-7-6-8-14(2)19(13)26-20(28)17-9-4-5-10-18(17)25-22(26)30-12-16-11-29-21(24-16)23-15(3)27/h4-11H,12H2,1-3H3,(H,23,24,27). The number of carbonyl (C=O) groups is 1. The molecule has 2 aromatic heterocycles. The number of thiazole rings is 1. The van der Waals surface area contributed by atoms with Crippen molar-refractivity contribution in [1.29, 1.82) is 0 Å². The largest absolute Gasteiger partial charge is 0.302 e. The minimum atomic E-state index is -0.149. The molecule has 2 heterocycles. The molecule has 0 fully saturated rings. The zero-order valence-corrected chi connectivity index (χ0v) is 18.4. The predicted octanol–water partition coefficient (Wildman–Crippen LogP) is 4.71.